The van der Waals surface area contributed by atoms with Crippen LogP contribution < -0.4 is 4.90 Å². The second kappa shape index (κ2) is 6.35. The van der Waals surface area contributed by atoms with Gasteiger partial charge in [0.2, 0.25) is 0 Å². The molecule has 0 unspecified atom stereocenters. The minimum atomic E-state index is -0.800. The van der Waals surface area contributed by atoms with Crippen molar-refractivity contribution in [2.24, 2.45) is 0 Å². The maximum Gasteiger partial charge on any atom is 0.304 e. The Morgan fingerprint density at radius 1 is 1.35 bits per heavy atom. The number of carboxylic acids is 1. The van der Waals surface area contributed by atoms with E-state index in [0.29, 0.717) is 44.0 Å². The molecule has 0 atom stereocenters. The molecule has 0 radical (unpaired) electrons. The molecule has 1 aliphatic heterocycles. The minimum absolute atomic E-state index is 0.130. The van der Waals surface area contributed by atoms with Gasteiger partial charge in [0.05, 0.1) is 23.7 Å². The predicted octanol–water partition coefficient (Wildman–Crippen LogP) is 1.29. The van der Waals surface area contributed by atoms with Gasteiger partial charge in [-0.1, -0.05) is 0 Å². The summed E-state index contributed by atoms with van der Waals surface area (Å²) in [4.78, 5) is 14.5. The molecule has 20 heavy (non-hydrogen) atoms. The van der Waals surface area contributed by atoms with Crippen LogP contribution >= 0.6 is 0 Å². The first kappa shape index (κ1) is 14.3. The molecule has 0 bridgehead atoms. The van der Waals surface area contributed by atoms with E-state index in [1.54, 1.807) is 12.1 Å². The molecular weight excluding hydrogens is 261 g/mol. The van der Waals surface area contributed by atoms with Crippen LogP contribution in [0.1, 0.15) is 12.0 Å². The minimum Gasteiger partial charge on any atom is -0.481 e. The van der Waals surface area contributed by atoms with Crippen LogP contribution in [0.2, 0.25) is 0 Å². The molecule has 1 heterocycles. The van der Waals surface area contributed by atoms with Crippen molar-refractivity contribution in [2.75, 3.05) is 37.6 Å². The third kappa shape index (κ3) is 3.45. The molecule has 5 nitrogen and oxygen atoms in total. The number of carboxylic acid groups (broad SMARTS) is 1. The van der Waals surface area contributed by atoms with Gasteiger partial charge in [-0.3, -0.25) is 9.69 Å². The van der Waals surface area contributed by atoms with Crippen molar-refractivity contribution in [2.45, 2.75) is 6.42 Å². The molecule has 1 aliphatic rings. The molecule has 0 saturated carbocycles. The Morgan fingerprint density at radius 2 is 2.05 bits per heavy atom. The van der Waals surface area contributed by atoms with Crippen molar-refractivity contribution in [3.8, 4) is 6.07 Å². The van der Waals surface area contributed by atoms with Gasteiger partial charge in [-0.25, -0.2) is 4.39 Å². The number of halogens is 1. The first-order valence-electron chi connectivity index (χ1n) is 6.49. The van der Waals surface area contributed by atoms with Crippen LogP contribution in [0.4, 0.5) is 10.1 Å². The van der Waals surface area contributed by atoms with Crippen molar-refractivity contribution < 1.29 is 14.3 Å². The van der Waals surface area contributed by atoms with Gasteiger partial charge >= 0.3 is 5.97 Å². The van der Waals surface area contributed by atoms with Crippen LogP contribution in [0, 0.1) is 17.1 Å². The molecule has 106 valence electrons. The number of hydrogen-bond acceptors (Lipinski definition) is 4. The number of carbonyl (C=O) groups is 1. The highest BCUT2D eigenvalue weighted by atomic mass is 19.1. The molecule has 0 amide bonds. The fourth-order valence-corrected chi connectivity index (χ4v) is 2.30. The highest BCUT2D eigenvalue weighted by Gasteiger charge is 2.19. The zero-order chi connectivity index (χ0) is 14.5. The molecule has 1 aromatic carbocycles. The highest BCUT2D eigenvalue weighted by molar-refractivity contribution is 5.66. The smallest absolute Gasteiger partial charge is 0.304 e. The zero-order valence-electron chi connectivity index (χ0n) is 11.0. The van der Waals surface area contributed by atoms with E-state index >= 15 is 0 Å². The highest BCUT2D eigenvalue weighted by Crippen LogP contribution is 2.21. The molecule has 0 aromatic heterocycles. The van der Waals surface area contributed by atoms with Crippen molar-refractivity contribution in [1.29, 1.82) is 5.26 Å². The Labute approximate surface area is 116 Å². The van der Waals surface area contributed by atoms with E-state index in [1.165, 1.54) is 6.07 Å². The van der Waals surface area contributed by atoms with Crippen molar-refractivity contribution in [1.82, 2.24) is 4.90 Å². The Bertz CT molecular complexity index is 534. The van der Waals surface area contributed by atoms with Crippen LogP contribution in [0.5, 0.6) is 0 Å². The maximum absolute atomic E-state index is 13.9. The molecule has 0 aliphatic carbocycles. The van der Waals surface area contributed by atoms with Gasteiger partial charge in [-0.2, -0.15) is 5.26 Å². The topological polar surface area (TPSA) is 67.6 Å². The average Bonchev–Trinajstić information content (AvgIpc) is 2.45. The molecule has 2 rings (SSSR count). The summed E-state index contributed by atoms with van der Waals surface area (Å²) >= 11 is 0. The molecule has 1 aromatic rings. The number of nitriles is 1. The van der Waals surface area contributed by atoms with Gasteiger partial charge in [0.1, 0.15) is 5.82 Å². The summed E-state index contributed by atoms with van der Waals surface area (Å²) in [7, 11) is 0. The third-order valence-electron chi connectivity index (χ3n) is 3.43. The summed E-state index contributed by atoms with van der Waals surface area (Å²) in [5.41, 5.74) is 0.813. The van der Waals surface area contributed by atoms with Crippen LogP contribution in [0.15, 0.2) is 18.2 Å². The molecule has 0 spiro atoms. The van der Waals surface area contributed by atoms with Gasteiger partial charge in [0, 0.05) is 32.7 Å². The van der Waals surface area contributed by atoms with Crippen LogP contribution in [-0.4, -0.2) is 48.7 Å². The first-order chi connectivity index (χ1) is 9.60. The molecule has 1 fully saturated rings. The van der Waals surface area contributed by atoms with Gasteiger partial charge in [0.15, 0.2) is 0 Å². The lowest BCUT2D eigenvalue weighted by atomic mass is 10.2. The van der Waals surface area contributed by atoms with E-state index in [-0.39, 0.29) is 12.2 Å². The van der Waals surface area contributed by atoms with Crippen molar-refractivity contribution in [3.63, 3.8) is 0 Å². The number of anilines is 1. The standard InChI is InChI=1S/C14H16FN3O2/c15-12-9-11(10-16)1-2-13(12)18-7-5-17(6-8-18)4-3-14(19)20/h1-2,9H,3-8H2,(H,19,20). The molecule has 1 saturated heterocycles. The van der Waals surface area contributed by atoms with Gasteiger partial charge in [0.25, 0.3) is 0 Å². The quantitative estimate of drug-likeness (QED) is 0.898. The summed E-state index contributed by atoms with van der Waals surface area (Å²) < 4.78 is 13.9. The largest absolute Gasteiger partial charge is 0.481 e. The number of hydrogen-bond donors (Lipinski definition) is 1. The van der Waals surface area contributed by atoms with E-state index in [9.17, 15) is 9.18 Å². The Kier molecular flexibility index (Phi) is 4.53. The predicted molar refractivity (Wildman–Crippen MR) is 72.0 cm³/mol. The second-order valence-corrected chi connectivity index (χ2v) is 4.75. The summed E-state index contributed by atoms with van der Waals surface area (Å²) in [6.07, 6.45) is 0.130. The average molecular weight is 277 g/mol. The van der Waals surface area contributed by atoms with Crippen molar-refractivity contribution >= 4 is 11.7 Å². The fourth-order valence-electron chi connectivity index (χ4n) is 2.30. The lowest BCUT2D eigenvalue weighted by Gasteiger charge is -2.36. The Balaban J connectivity index is 1.94. The van der Waals surface area contributed by atoms with E-state index in [4.69, 9.17) is 10.4 Å². The summed E-state index contributed by atoms with van der Waals surface area (Å²) in [5.74, 6) is -1.19. The zero-order valence-corrected chi connectivity index (χ0v) is 11.0. The third-order valence-corrected chi connectivity index (χ3v) is 3.43. The lowest BCUT2D eigenvalue weighted by molar-refractivity contribution is -0.137. The van der Waals surface area contributed by atoms with Crippen LogP contribution in [-0.2, 0) is 4.79 Å². The normalized spacial score (nSPS) is 15.9. The van der Waals surface area contributed by atoms with Gasteiger partial charge in [-0.15, -0.1) is 0 Å². The van der Waals surface area contributed by atoms with E-state index < -0.39 is 5.97 Å². The summed E-state index contributed by atoms with van der Waals surface area (Å²) in [6.45, 7) is 3.27. The van der Waals surface area contributed by atoms with E-state index in [1.807, 2.05) is 11.0 Å². The lowest BCUT2D eigenvalue weighted by Crippen LogP contribution is -2.47. The molecule has 1 N–H and O–H groups in total. The number of rotatable bonds is 4. The monoisotopic (exact) mass is 277 g/mol. The summed E-state index contributed by atoms with van der Waals surface area (Å²) in [5, 5.41) is 17.4. The second-order valence-electron chi connectivity index (χ2n) is 4.75. The number of piperazine rings is 1. The fraction of sp³-hybridized carbons (Fsp3) is 0.429. The Hall–Kier alpha value is -2.13. The van der Waals surface area contributed by atoms with E-state index in [0.717, 1.165) is 0 Å². The van der Waals surface area contributed by atoms with Gasteiger partial charge < -0.3 is 10.0 Å². The number of benzene rings is 1. The first-order valence-corrected chi connectivity index (χ1v) is 6.49. The van der Waals surface area contributed by atoms with Crippen LogP contribution in [0.25, 0.3) is 0 Å². The Morgan fingerprint density at radius 3 is 2.60 bits per heavy atom. The molecular formula is C14H16FN3O2. The molecule has 6 heteroatoms. The SMILES string of the molecule is N#Cc1ccc(N2CCN(CCC(=O)O)CC2)c(F)c1. The maximum atomic E-state index is 13.9. The number of nitrogens with zero attached hydrogens (tertiary/aromatic N) is 3. The van der Waals surface area contributed by atoms with Gasteiger partial charge in [-0.05, 0) is 18.2 Å². The van der Waals surface area contributed by atoms with E-state index in [2.05, 4.69) is 4.90 Å². The summed E-state index contributed by atoms with van der Waals surface area (Å²) in [6, 6.07) is 6.38. The van der Waals surface area contributed by atoms with Crippen LogP contribution in [0.3, 0.4) is 0 Å². The number of aliphatic carboxylic acids is 1. The van der Waals surface area contributed by atoms with Crippen molar-refractivity contribution in [3.05, 3.63) is 29.6 Å².